The molecule has 7 heteroatoms. The van der Waals surface area contributed by atoms with Gasteiger partial charge in [0.2, 0.25) is 0 Å². The molecular weight excluding hydrogens is 308 g/mol. The predicted molar refractivity (Wildman–Crippen MR) is 78.9 cm³/mol. The number of benzene rings is 1. The minimum absolute atomic E-state index is 0.203. The van der Waals surface area contributed by atoms with E-state index in [1.165, 1.54) is 0 Å². The minimum atomic E-state index is -3.99. The van der Waals surface area contributed by atoms with E-state index in [0.717, 1.165) is 0 Å². The zero-order valence-corrected chi connectivity index (χ0v) is 13.3. The number of rotatable bonds is 5. The third-order valence-corrected chi connectivity index (χ3v) is 3.70. The zero-order valence-electron chi connectivity index (χ0n) is 13.3. The van der Waals surface area contributed by atoms with Crippen LogP contribution < -0.4 is 5.32 Å². The number of hydrogen-bond acceptors (Lipinski definition) is 4. The molecule has 128 valence electrons. The summed E-state index contributed by atoms with van der Waals surface area (Å²) >= 11 is 0. The molecule has 0 radical (unpaired) electrons. The first-order valence-electron chi connectivity index (χ1n) is 7.37. The number of nitrogens with one attached hydrogen (secondary N) is 1. The van der Waals surface area contributed by atoms with Crippen LogP contribution in [0.5, 0.6) is 0 Å². The van der Waals surface area contributed by atoms with Gasteiger partial charge >= 0.3 is 5.92 Å². The van der Waals surface area contributed by atoms with Gasteiger partial charge in [-0.05, 0) is 26.3 Å². The molecule has 1 saturated heterocycles. The maximum Gasteiger partial charge on any atom is 0.352 e. The van der Waals surface area contributed by atoms with Crippen LogP contribution in [0.4, 0.5) is 8.78 Å². The molecule has 2 rings (SSSR count). The zero-order chi connectivity index (χ0) is 17.3. The van der Waals surface area contributed by atoms with Crippen molar-refractivity contribution in [1.29, 1.82) is 0 Å². The number of amides is 1. The van der Waals surface area contributed by atoms with E-state index in [1.54, 1.807) is 51.1 Å². The van der Waals surface area contributed by atoms with Crippen molar-refractivity contribution in [3.63, 3.8) is 0 Å². The van der Waals surface area contributed by atoms with Crippen molar-refractivity contribution in [3.05, 3.63) is 35.9 Å². The van der Waals surface area contributed by atoms with Crippen LogP contribution in [0.1, 0.15) is 32.4 Å². The molecule has 2 N–H and O–H groups in total. The lowest BCUT2D eigenvalue weighted by Gasteiger charge is -2.27. The third kappa shape index (κ3) is 4.04. The predicted octanol–water partition coefficient (Wildman–Crippen LogP) is 2.01. The normalized spacial score (nSPS) is 23.3. The van der Waals surface area contributed by atoms with Crippen LogP contribution >= 0.6 is 0 Å². The third-order valence-electron chi connectivity index (χ3n) is 3.70. The van der Waals surface area contributed by atoms with Crippen LogP contribution in [0.3, 0.4) is 0 Å². The van der Waals surface area contributed by atoms with Gasteiger partial charge in [-0.25, -0.2) is 0 Å². The Balaban J connectivity index is 2.02. The summed E-state index contributed by atoms with van der Waals surface area (Å²) < 4.78 is 38.7. The molecule has 0 saturated carbocycles. The minimum Gasteiger partial charge on any atom is -0.383 e. The summed E-state index contributed by atoms with van der Waals surface area (Å²) in [5.74, 6) is -6.60. The first-order valence-corrected chi connectivity index (χ1v) is 7.37. The van der Waals surface area contributed by atoms with Gasteiger partial charge in [0.25, 0.3) is 5.91 Å². The molecule has 23 heavy (non-hydrogen) atoms. The van der Waals surface area contributed by atoms with Gasteiger partial charge in [-0.2, -0.15) is 8.78 Å². The van der Waals surface area contributed by atoms with E-state index in [0.29, 0.717) is 5.56 Å². The maximum atomic E-state index is 14.2. The van der Waals surface area contributed by atoms with E-state index in [9.17, 15) is 18.7 Å². The molecule has 2 unspecified atom stereocenters. The Bertz CT molecular complexity index is 550. The lowest BCUT2D eigenvalue weighted by Crippen LogP contribution is -2.54. The van der Waals surface area contributed by atoms with Crippen molar-refractivity contribution in [2.45, 2.75) is 50.7 Å². The summed E-state index contributed by atoms with van der Waals surface area (Å²) in [6.45, 7) is 4.49. The second kappa shape index (κ2) is 6.51. The Labute approximate surface area is 133 Å². The number of hydrogen-bond donors (Lipinski definition) is 2. The second-order valence-corrected chi connectivity index (χ2v) is 6.04. The summed E-state index contributed by atoms with van der Waals surface area (Å²) in [5.41, 5.74) is 0.688. The first-order chi connectivity index (χ1) is 10.6. The lowest BCUT2D eigenvalue weighted by molar-refractivity contribution is -0.195. The lowest BCUT2D eigenvalue weighted by atomic mass is 10.0. The monoisotopic (exact) mass is 329 g/mol. The summed E-state index contributed by atoms with van der Waals surface area (Å²) in [4.78, 5) is 11.9. The van der Waals surface area contributed by atoms with Crippen LogP contribution in [0.15, 0.2) is 30.3 Å². The van der Waals surface area contributed by atoms with Crippen molar-refractivity contribution in [2.75, 3.05) is 6.61 Å². The van der Waals surface area contributed by atoms with Crippen LogP contribution in [0.25, 0.3) is 0 Å². The highest BCUT2D eigenvalue weighted by atomic mass is 19.3. The summed E-state index contributed by atoms with van der Waals surface area (Å²) in [5, 5.41) is 12.1. The van der Waals surface area contributed by atoms with Crippen LogP contribution in [0, 0.1) is 0 Å². The maximum absolute atomic E-state index is 14.2. The van der Waals surface area contributed by atoms with Gasteiger partial charge < -0.3 is 19.9 Å². The Morgan fingerprint density at radius 3 is 2.52 bits per heavy atom. The van der Waals surface area contributed by atoms with Gasteiger partial charge in [-0.15, -0.1) is 0 Å². The Kier molecular flexibility index (Phi) is 5.03. The summed E-state index contributed by atoms with van der Waals surface area (Å²) in [6.07, 6.45) is -3.55. The second-order valence-electron chi connectivity index (χ2n) is 6.04. The molecule has 0 aliphatic carbocycles. The number of aliphatic hydroxyl groups is 1. The molecule has 1 aromatic carbocycles. The van der Waals surface area contributed by atoms with Crippen molar-refractivity contribution in [1.82, 2.24) is 5.32 Å². The van der Waals surface area contributed by atoms with E-state index in [-0.39, 0.29) is 6.61 Å². The van der Waals surface area contributed by atoms with E-state index in [4.69, 9.17) is 9.47 Å². The van der Waals surface area contributed by atoms with Gasteiger partial charge in [0, 0.05) is 0 Å². The highest BCUT2D eigenvalue weighted by Crippen LogP contribution is 2.31. The number of ether oxygens (including phenoxy) is 2. The van der Waals surface area contributed by atoms with Gasteiger partial charge in [0.1, 0.15) is 6.10 Å². The van der Waals surface area contributed by atoms with Crippen LogP contribution in [0.2, 0.25) is 0 Å². The fourth-order valence-electron chi connectivity index (χ4n) is 2.36. The molecule has 5 nitrogen and oxygen atoms in total. The van der Waals surface area contributed by atoms with Crippen LogP contribution in [-0.2, 0) is 14.3 Å². The molecule has 0 spiro atoms. The Hall–Kier alpha value is -1.57. The van der Waals surface area contributed by atoms with Gasteiger partial charge in [-0.1, -0.05) is 30.3 Å². The van der Waals surface area contributed by atoms with Gasteiger partial charge in [-0.3, -0.25) is 4.79 Å². The molecule has 1 aliphatic rings. The topological polar surface area (TPSA) is 67.8 Å². The fourth-order valence-corrected chi connectivity index (χ4v) is 2.36. The Morgan fingerprint density at radius 2 is 2.00 bits per heavy atom. The number of halogens is 2. The van der Waals surface area contributed by atoms with Crippen molar-refractivity contribution >= 4 is 5.91 Å². The molecule has 0 aromatic heterocycles. The number of aliphatic hydroxyl groups excluding tert-OH is 1. The Morgan fingerprint density at radius 1 is 1.39 bits per heavy atom. The van der Waals surface area contributed by atoms with Gasteiger partial charge in [0.05, 0.1) is 12.6 Å². The number of carbonyl (C=O) groups excluding carboxylic acids is 1. The standard InChI is InChI=1S/C16H21F2NO4/c1-10(11-7-5-4-6-8-11)19-14(21)16(17,18)13(20)12-9-22-15(2,3)23-12/h4-8,10,12-13,20H,9H2,1-3H3,(H,19,21)/t10-,12?,13?/m0/s1. The largest absolute Gasteiger partial charge is 0.383 e. The molecule has 1 aromatic rings. The van der Waals surface area contributed by atoms with Crippen molar-refractivity contribution in [3.8, 4) is 0 Å². The molecule has 1 heterocycles. The van der Waals surface area contributed by atoms with Crippen LogP contribution in [-0.4, -0.2) is 41.5 Å². The quantitative estimate of drug-likeness (QED) is 0.867. The number of alkyl halides is 2. The molecule has 1 aliphatic heterocycles. The number of carbonyl (C=O) groups is 1. The smallest absolute Gasteiger partial charge is 0.352 e. The van der Waals surface area contributed by atoms with Crippen molar-refractivity contribution in [2.24, 2.45) is 0 Å². The van der Waals surface area contributed by atoms with E-state index < -0.39 is 35.9 Å². The highest BCUT2D eigenvalue weighted by Gasteiger charge is 2.53. The molecule has 1 fully saturated rings. The fraction of sp³-hybridized carbons (Fsp3) is 0.562. The average Bonchev–Trinajstić information content (AvgIpc) is 2.87. The van der Waals surface area contributed by atoms with Gasteiger partial charge in [0.15, 0.2) is 11.9 Å². The van der Waals surface area contributed by atoms with E-state index in [2.05, 4.69) is 5.32 Å². The molecular formula is C16H21F2NO4. The molecule has 1 amide bonds. The summed E-state index contributed by atoms with van der Waals surface area (Å²) in [6, 6.07) is 8.11. The SMILES string of the molecule is C[C@H](NC(=O)C(F)(F)C(O)C1COC(C)(C)O1)c1ccccc1. The van der Waals surface area contributed by atoms with E-state index in [1.807, 2.05) is 0 Å². The van der Waals surface area contributed by atoms with Crippen molar-refractivity contribution < 1.29 is 28.2 Å². The molecule has 0 bridgehead atoms. The highest BCUT2D eigenvalue weighted by molar-refractivity contribution is 5.84. The first kappa shape index (κ1) is 17.8. The summed E-state index contributed by atoms with van der Waals surface area (Å²) in [7, 11) is 0. The van der Waals surface area contributed by atoms with E-state index >= 15 is 0 Å². The molecule has 3 atom stereocenters. The average molecular weight is 329 g/mol.